The zero-order valence-electron chi connectivity index (χ0n) is 24.8. The molecule has 0 aromatic heterocycles. The number of allylic oxidation sites excluding steroid dienone is 1. The van der Waals surface area contributed by atoms with E-state index in [0.717, 1.165) is 52.6 Å². The number of benzene rings is 4. The summed E-state index contributed by atoms with van der Waals surface area (Å²) >= 11 is 0. The number of hydrazone groups is 1. The second-order valence-corrected chi connectivity index (χ2v) is 11.6. The van der Waals surface area contributed by atoms with E-state index in [-0.39, 0.29) is 24.5 Å². The van der Waals surface area contributed by atoms with E-state index in [1.807, 2.05) is 58.5 Å². The molecule has 0 spiro atoms. The maximum absolute atomic E-state index is 13.8. The first-order chi connectivity index (χ1) is 20.4. The number of carbonyl (C=O) groups excluding carboxylic acids is 1. The van der Waals surface area contributed by atoms with Crippen molar-refractivity contribution < 1.29 is 9.53 Å². The molecule has 1 saturated carbocycles. The van der Waals surface area contributed by atoms with Crippen LogP contribution in [0.3, 0.4) is 0 Å². The van der Waals surface area contributed by atoms with Crippen molar-refractivity contribution in [3.63, 3.8) is 0 Å². The van der Waals surface area contributed by atoms with Gasteiger partial charge in [-0.25, -0.2) is 5.01 Å². The summed E-state index contributed by atoms with van der Waals surface area (Å²) in [6.07, 6.45) is 5.25. The Balaban J connectivity index is 1.30. The van der Waals surface area contributed by atoms with Crippen LogP contribution in [0, 0.1) is 5.92 Å². The molecule has 0 unspecified atom stereocenters. The maximum atomic E-state index is 13.8. The van der Waals surface area contributed by atoms with Crippen molar-refractivity contribution in [2.45, 2.75) is 25.3 Å². The average Bonchev–Trinajstić information content (AvgIpc) is 3.41. The molecule has 6 heteroatoms. The van der Waals surface area contributed by atoms with Crippen LogP contribution in [-0.2, 0) is 4.79 Å². The molecule has 2 atom stereocenters. The van der Waals surface area contributed by atoms with Gasteiger partial charge >= 0.3 is 0 Å². The van der Waals surface area contributed by atoms with Crippen LogP contribution < -0.4 is 14.5 Å². The molecule has 0 radical (unpaired) electrons. The number of nitrogens with zero attached hydrogens (tertiary/aromatic N) is 4. The first-order valence-electron chi connectivity index (χ1n) is 14.6. The summed E-state index contributed by atoms with van der Waals surface area (Å²) in [4.78, 5) is 18.0. The summed E-state index contributed by atoms with van der Waals surface area (Å²) in [5.74, 6) is 0.683. The Morgan fingerprint density at radius 1 is 0.881 bits per heavy atom. The van der Waals surface area contributed by atoms with Gasteiger partial charge in [0, 0.05) is 45.5 Å². The Labute approximate surface area is 248 Å². The molecule has 0 N–H and O–H groups in total. The van der Waals surface area contributed by atoms with Gasteiger partial charge in [0.15, 0.2) is 6.61 Å². The Bertz CT molecular complexity index is 1640. The minimum Gasteiger partial charge on any atom is -0.484 e. The predicted octanol–water partition coefficient (Wildman–Crippen LogP) is 7.17. The molecular weight excluding hydrogens is 520 g/mol. The highest BCUT2D eigenvalue weighted by Crippen LogP contribution is 2.44. The van der Waals surface area contributed by atoms with E-state index in [2.05, 4.69) is 76.5 Å². The van der Waals surface area contributed by atoms with Gasteiger partial charge < -0.3 is 14.5 Å². The fourth-order valence-electron chi connectivity index (χ4n) is 6.05. The predicted molar refractivity (Wildman–Crippen MR) is 173 cm³/mol. The number of fused-ring (bicyclic) bond motifs is 2. The molecule has 2 aliphatic rings. The van der Waals surface area contributed by atoms with Crippen LogP contribution in [0.2, 0.25) is 0 Å². The van der Waals surface area contributed by atoms with Crippen molar-refractivity contribution in [3.8, 4) is 5.75 Å². The number of carbonyl (C=O) groups is 1. The molecule has 4 aromatic rings. The fourth-order valence-corrected chi connectivity index (χ4v) is 6.05. The lowest BCUT2D eigenvalue weighted by Crippen LogP contribution is -2.34. The van der Waals surface area contributed by atoms with Gasteiger partial charge in [-0.2, -0.15) is 5.10 Å². The van der Waals surface area contributed by atoms with Crippen molar-refractivity contribution in [3.05, 3.63) is 108 Å². The minimum atomic E-state index is -0.163. The highest BCUT2D eigenvalue weighted by molar-refractivity contribution is 6.08. The third-order valence-electron chi connectivity index (χ3n) is 8.34. The minimum absolute atomic E-state index is 0.0703. The fraction of sp³-hybridized carbons (Fsp3) is 0.278. The van der Waals surface area contributed by atoms with Gasteiger partial charge in [-0.05, 0) is 89.2 Å². The van der Waals surface area contributed by atoms with Crippen LogP contribution in [0.1, 0.15) is 36.4 Å². The molecular formula is C36H38N4O2. The molecule has 0 bridgehead atoms. The molecule has 1 fully saturated rings. The second kappa shape index (κ2) is 11.7. The lowest BCUT2D eigenvalue weighted by atomic mass is 9.77. The summed E-state index contributed by atoms with van der Waals surface area (Å²) in [7, 11) is 8.17. The van der Waals surface area contributed by atoms with E-state index < -0.39 is 0 Å². The van der Waals surface area contributed by atoms with Crippen LogP contribution in [0.4, 0.5) is 11.4 Å². The van der Waals surface area contributed by atoms with Crippen LogP contribution in [0.5, 0.6) is 5.75 Å². The molecule has 6 nitrogen and oxygen atoms in total. The van der Waals surface area contributed by atoms with Gasteiger partial charge in [0.1, 0.15) is 5.75 Å². The summed E-state index contributed by atoms with van der Waals surface area (Å²) in [5.41, 5.74) is 6.78. The molecule has 6 rings (SSSR count). The quantitative estimate of drug-likeness (QED) is 0.241. The zero-order valence-corrected chi connectivity index (χ0v) is 24.8. The van der Waals surface area contributed by atoms with Crippen molar-refractivity contribution in [1.82, 2.24) is 5.01 Å². The Kier molecular flexibility index (Phi) is 7.70. The molecule has 1 amide bonds. The van der Waals surface area contributed by atoms with E-state index >= 15 is 0 Å². The van der Waals surface area contributed by atoms with Gasteiger partial charge in [0.2, 0.25) is 0 Å². The smallest absolute Gasteiger partial charge is 0.281 e. The average molecular weight is 559 g/mol. The normalized spacial score (nSPS) is 19.0. The van der Waals surface area contributed by atoms with Crippen LogP contribution >= 0.6 is 0 Å². The molecule has 4 aromatic carbocycles. The topological polar surface area (TPSA) is 48.4 Å². The SMILES string of the molecule is CN(C)c1ccc(/C=C2\CCC[C@H]3C2=NN(C(=O)COc2ccc4ccccc4c2)[C@H]3c2ccc(N(C)C)cc2)cc1. The van der Waals surface area contributed by atoms with Gasteiger partial charge in [-0.1, -0.05) is 54.6 Å². The largest absolute Gasteiger partial charge is 0.484 e. The lowest BCUT2D eigenvalue weighted by Gasteiger charge is -2.30. The van der Waals surface area contributed by atoms with Gasteiger partial charge in [-0.3, -0.25) is 4.79 Å². The van der Waals surface area contributed by atoms with Crippen LogP contribution in [0.25, 0.3) is 16.8 Å². The zero-order chi connectivity index (χ0) is 29.2. The summed E-state index contributed by atoms with van der Waals surface area (Å²) in [6, 6.07) is 31.0. The Morgan fingerprint density at radius 3 is 2.24 bits per heavy atom. The number of anilines is 2. The number of ether oxygens (including phenoxy) is 1. The third kappa shape index (κ3) is 5.62. The van der Waals surface area contributed by atoms with Gasteiger partial charge in [0.25, 0.3) is 5.91 Å². The Hall–Kier alpha value is -4.58. The summed E-state index contributed by atoms with van der Waals surface area (Å²) in [6.45, 7) is -0.0703. The van der Waals surface area contributed by atoms with Gasteiger partial charge in [-0.15, -0.1) is 0 Å². The number of hydrogen-bond donors (Lipinski definition) is 0. The van der Waals surface area contributed by atoms with Crippen molar-refractivity contribution in [2.24, 2.45) is 11.0 Å². The first-order valence-corrected chi connectivity index (χ1v) is 14.6. The maximum Gasteiger partial charge on any atom is 0.281 e. The number of rotatable bonds is 7. The molecule has 1 heterocycles. The van der Waals surface area contributed by atoms with E-state index in [1.165, 1.54) is 11.3 Å². The van der Waals surface area contributed by atoms with Crippen LogP contribution in [-0.4, -0.2) is 51.4 Å². The van der Waals surface area contributed by atoms with Crippen LogP contribution in [0.15, 0.2) is 102 Å². The standard InChI is InChI=1S/C36H38N4O2/c1-38(2)30-17-12-25(13-18-30)22-29-10-7-11-33-35(29)37-40(36(33)27-14-19-31(20-15-27)39(3)4)34(41)24-42-32-21-16-26-8-5-6-9-28(26)23-32/h5-6,8-9,12-23,33,36H,7,10-11,24H2,1-4H3/b29-22+/t33-,36-/m0/s1. The second-order valence-electron chi connectivity index (χ2n) is 11.6. The highest BCUT2D eigenvalue weighted by atomic mass is 16.5. The number of amides is 1. The molecule has 214 valence electrons. The number of hydrogen-bond acceptors (Lipinski definition) is 5. The van der Waals surface area contributed by atoms with E-state index in [1.54, 1.807) is 5.01 Å². The van der Waals surface area contributed by atoms with E-state index in [9.17, 15) is 4.79 Å². The van der Waals surface area contributed by atoms with E-state index in [4.69, 9.17) is 9.84 Å². The van der Waals surface area contributed by atoms with Crippen molar-refractivity contribution in [1.29, 1.82) is 0 Å². The molecule has 0 saturated heterocycles. The van der Waals surface area contributed by atoms with Crippen molar-refractivity contribution in [2.75, 3.05) is 44.6 Å². The molecule has 1 aliphatic carbocycles. The molecule has 1 aliphatic heterocycles. The third-order valence-corrected chi connectivity index (χ3v) is 8.34. The summed E-state index contributed by atoms with van der Waals surface area (Å²) in [5, 5.41) is 8.97. The Morgan fingerprint density at radius 2 is 1.55 bits per heavy atom. The lowest BCUT2D eigenvalue weighted by molar-refractivity contribution is -0.135. The van der Waals surface area contributed by atoms with Gasteiger partial charge in [0.05, 0.1) is 11.8 Å². The monoisotopic (exact) mass is 558 g/mol. The molecule has 42 heavy (non-hydrogen) atoms. The van der Waals surface area contributed by atoms with E-state index in [0.29, 0.717) is 5.75 Å². The van der Waals surface area contributed by atoms with Crippen molar-refractivity contribution >= 4 is 39.8 Å². The highest BCUT2D eigenvalue weighted by Gasteiger charge is 2.43. The first kappa shape index (κ1) is 27.6. The summed E-state index contributed by atoms with van der Waals surface area (Å²) < 4.78 is 6.04.